The maximum absolute atomic E-state index is 12.1. The average molecular weight is 376 g/mol. The van der Waals surface area contributed by atoms with E-state index in [4.69, 9.17) is 44.0 Å². The van der Waals surface area contributed by atoms with Gasteiger partial charge in [-0.25, -0.2) is 4.79 Å². The molecule has 0 unspecified atom stereocenters. The van der Waals surface area contributed by atoms with Crippen LogP contribution in [0.4, 0.5) is 0 Å². The van der Waals surface area contributed by atoms with Crippen molar-refractivity contribution < 1.29 is 13.9 Å². The molecule has 3 rings (SSSR count). The first kappa shape index (κ1) is 16.6. The van der Waals surface area contributed by atoms with Gasteiger partial charge in [-0.05, 0) is 31.5 Å². The molecule has 1 aromatic heterocycles. The normalized spacial score (nSPS) is 22.1. The topological polar surface area (TPSA) is 56.5 Å². The second-order valence-electron chi connectivity index (χ2n) is 5.98. The third kappa shape index (κ3) is 2.84. The van der Waals surface area contributed by atoms with Gasteiger partial charge in [-0.1, -0.05) is 11.6 Å². The molecule has 1 aliphatic rings. The maximum atomic E-state index is 12.1. The maximum Gasteiger partial charge on any atom is 0.336 e. The molecular weight excluding hydrogens is 363 g/mol. The molecule has 1 heterocycles. The Morgan fingerprint density at radius 3 is 2.61 bits per heavy atom. The van der Waals surface area contributed by atoms with Gasteiger partial charge in [0.1, 0.15) is 21.9 Å². The highest BCUT2D eigenvalue weighted by atomic mass is 35.5. The number of aryl methyl sites for hydroxylation is 1. The second kappa shape index (κ2) is 5.40. The second-order valence-corrected chi connectivity index (χ2v) is 7.87. The van der Waals surface area contributed by atoms with Crippen molar-refractivity contribution in [1.29, 1.82) is 0 Å². The van der Waals surface area contributed by atoms with E-state index in [1.54, 1.807) is 19.1 Å². The minimum atomic E-state index is -1.09. The standard InChI is InChI=1S/C16H13Cl3O4/c1-8-3-12-10(5-11(8)17)9(4-13(20)23-12)6-22-14(21)15(2)7-16(15,18)19/h3-5H,6-7H2,1-2H3/t15-/m1/s1. The van der Waals surface area contributed by atoms with Crippen molar-refractivity contribution in [2.45, 2.75) is 31.2 Å². The molecule has 7 heteroatoms. The molecule has 0 spiro atoms. The van der Waals surface area contributed by atoms with Gasteiger partial charge in [0, 0.05) is 28.5 Å². The summed E-state index contributed by atoms with van der Waals surface area (Å²) in [5.74, 6) is -0.498. The van der Waals surface area contributed by atoms with Crippen LogP contribution in [0.5, 0.6) is 0 Å². The van der Waals surface area contributed by atoms with Crippen molar-refractivity contribution in [3.8, 4) is 0 Å². The van der Waals surface area contributed by atoms with E-state index in [0.717, 1.165) is 5.56 Å². The number of hydrogen-bond acceptors (Lipinski definition) is 4. The molecule has 4 nitrogen and oxygen atoms in total. The Morgan fingerprint density at radius 2 is 2.00 bits per heavy atom. The lowest BCUT2D eigenvalue weighted by atomic mass is 10.1. The van der Waals surface area contributed by atoms with Crippen LogP contribution in [0.1, 0.15) is 24.5 Å². The van der Waals surface area contributed by atoms with Crippen LogP contribution in [0.25, 0.3) is 11.0 Å². The lowest BCUT2D eigenvalue weighted by molar-refractivity contribution is -0.150. The summed E-state index contributed by atoms with van der Waals surface area (Å²) in [6, 6.07) is 4.64. The van der Waals surface area contributed by atoms with E-state index in [1.165, 1.54) is 6.07 Å². The molecule has 23 heavy (non-hydrogen) atoms. The van der Waals surface area contributed by atoms with Gasteiger partial charge in [0.2, 0.25) is 0 Å². The molecule has 0 saturated heterocycles. The van der Waals surface area contributed by atoms with Gasteiger partial charge in [0.25, 0.3) is 0 Å². The smallest absolute Gasteiger partial charge is 0.336 e. The third-order valence-electron chi connectivity index (χ3n) is 4.18. The van der Waals surface area contributed by atoms with Crippen molar-refractivity contribution in [2.75, 3.05) is 0 Å². The lowest BCUT2D eigenvalue weighted by Gasteiger charge is -2.13. The summed E-state index contributed by atoms with van der Waals surface area (Å²) < 4.78 is 9.36. The number of benzene rings is 1. The number of halogens is 3. The Hall–Kier alpha value is -1.23. The number of ether oxygens (including phenoxy) is 1. The summed E-state index contributed by atoms with van der Waals surface area (Å²) >= 11 is 18.1. The number of esters is 1. The molecule has 0 aliphatic heterocycles. The Balaban J connectivity index is 1.90. The van der Waals surface area contributed by atoms with E-state index in [2.05, 4.69) is 0 Å². The lowest BCUT2D eigenvalue weighted by Crippen LogP contribution is -2.21. The van der Waals surface area contributed by atoms with Gasteiger partial charge in [0.05, 0.1) is 0 Å². The van der Waals surface area contributed by atoms with Crippen LogP contribution in [-0.2, 0) is 16.1 Å². The number of alkyl halides is 2. The van der Waals surface area contributed by atoms with E-state index in [9.17, 15) is 9.59 Å². The van der Waals surface area contributed by atoms with E-state index < -0.39 is 21.3 Å². The van der Waals surface area contributed by atoms with Crippen LogP contribution in [-0.4, -0.2) is 10.3 Å². The third-order valence-corrected chi connectivity index (χ3v) is 5.69. The summed E-state index contributed by atoms with van der Waals surface area (Å²) in [6.07, 6.45) is 0.338. The van der Waals surface area contributed by atoms with Crippen molar-refractivity contribution in [3.63, 3.8) is 0 Å². The fraction of sp³-hybridized carbons (Fsp3) is 0.375. The fourth-order valence-electron chi connectivity index (χ4n) is 2.39. The molecule has 122 valence electrons. The Kier molecular flexibility index (Phi) is 3.90. The zero-order valence-electron chi connectivity index (χ0n) is 12.4. The summed E-state index contributed by atoms with van der Waals surface area (Å²) in [4.78, 5) is 23.8. The fourth-order valence-corrected chi connectivity index (χ4v) is 3.24. The quantitative estimate of drug-likeness (QED) is 0.454. The molecule has 0 bridgehead atoms. The number of carbonyl (C=O) groups excluding carboxylic acids is 1. The van der Waals surface area contributed by atoms with Crippen LogP contribution in [0.2, 0.25) is 5.02 Å². The SMILES string of the molecule is Cc1cc2oc(=O)cc(COC(=O)[C@@]3(C)CC3(Cl)Cl)c2cc1Cl. The van der Waals surface area contributed by atoms with Crippen molar-refractivity contribution in [3.05, 3.63) is 44.8 Å². The Morgan fingerprint density at radius 1 is 1.35 bits per heavy atom. The molecule has 2 aromatic rings. The largest absolute Gasteiger partial charge is 0.460 e. The predicted molar refractivity (Wildman–Crippen MR) is 89.2 cm³/mol. The number of carbonyl (C=O) groups is 1. The summed E-state index contributed by atoms with van der Waals surface area (Å²) in [5, 5.41) is 1.16. The highest BCUT2D eigenvalue weighted by Gasteiger charge is 2.69. The van der Waals surface area contributed by atoms with E-state index >= 15 is 0 Å². The van der Waals surface area contributed by atoms with Crippen LogP contribution in [0.15, 0.2) is 27.4 Å². The van der Waals surface area contributed by atoms with E-state index in [1.807, 2.05) is 6.92 Å². The van der Waals surface area contributed by atoms with Crippen LogP contribution < -0.4 is 5.63 Å². The zero-order chi connectivity index (χ0) is 17.0. The predicted octanol–water partition coefficient (Wildman–Crippen LogP) is 4.38. The van der Waals surface area contributed by atoms with Crippen LogP contribution in [0, 0.1) is 12.3 Å². The number of fused-ring (bicyclic) bond motifs is 1. The molecule has 1 fully saturated rings. The first-order valence-corrected chi connectivity index (χ1v) is 8.05. The zero-order valence-corrected chi connectivity index (χ0v) is 14.7. The van der Waals surface area contributed by atoms with Crippen LogP contribution in [0.3, 0.4) is 0 Å². The van der Waals surface area contributed by atoms with Crippen molar-refractivity contribution >= 4 is 51.7 Å². The van der Waals surface area contributed by atoms with Crippen molar-refractivity contribution in [2.24, 2.45) is 5.41 Å². The Bertz CT molecular complexity index is 871. The van der Waals surface area contributed by atoms with Gasteiger partial charge in [0.15, 0.2) is 0 Å². The molecule has 0 radical (unpaired) electrons. The molecule has 0 amide bonds. The van der Waals surface area contributed by atoms with Gasteiger partial charge >= 0.3 is 11.6 Å². The summed E-state index contributed by atoms with van der Waals surface area (Å²) in [5.41, 5.74) is 0.264. The first-order valence-electron chi connectivity index (χ1n) is 6.92. The number of hydrogen-bond donors (Lipinski definition) is 0. The van der Waals surface area contributed by atoms with E-state index in [-0.39, 0.29) is 6.61 Å². The van der Waals surface area contributed by atoms with Gasteiger partial charge in [-0.15, -0.1) is 23.2 Å². The highest BCUT2D eigenvalue weighted by molar-refractivity contribution is 6.53. The molecule has 1 saturated carbocycles. The number of rotatable bonds is 3. The minimum absolute atomic E-state index is 0.0836. The minimum Gasteiger partial charge on any atom is -0.460 e. The molecule has 0 N–H and O–H groups in total. The van der Waals surface area contributed by atoms with Crippen LogP contribution >= 0.6 is 34.8 Å². The molecule has 1 atom stereocenters. The van der Waals surface area contributed by atoms with E-state index in [0.29, 0.717) is 28.0 Å². The van der Waals surface area contributed by atoms with Crippen molar-refractivity contribution in [1.82, 2.24) is 0 Å². The van der Waals surface area contributed by atoms with Gasteiger partial charge < -0.3 is 9.15 Å². The average Bonchev–Trinajstić information content (AvgIpc) is 2.98. The summed E-state index contributed by atoms with van der Waals surface area (Å²) in [7, 11) is 0. The first-order chi connectivity index (χ1) is 10.6. The molecular formula is C16H13Cl3O4. The summed E-state index contributed by atoms with van der Waals surface area (Å²) in [6.45, 7) is 3.37. The van der Waals surface area contributed by atoms with Gasteiger partial charge in [-0.3, -0.25) is 4.79 Å². The molecule has 1 aliphatic carbocycles. The van der Waals surface area contributed by atoms with Gasteiger partial charge in [-0.2, -0.15) is 0 Å². The Labute approximate surface area is 147 Å². The monoisotopic (exact) mass is 374 g/mol. The molecule has 1 aromatic carbocycles. The highest BCUT2D eigenvalue weighted by Crippen LogP contribution is 2.64.